The first kappa shape index (κ1) is 13.9. The number of methoxy groups -OCH3 is 1. The average Bonchev–Trinajstić information content (AvgIpc) is 2.03. The molecule has 3 nitrogen and oxygen atoms in total. The molecule has 0 rings (SSSR count). The lowest BCUT2D eigenvalue weighted by molar-refractivity contribution is 0.0429. The monoisotopic (exact) mass is 203 g/mol. The van der Waals surface area contributed by atoms with Crippen LogP contribution in [-0.4, -0.2) is 50.0 Å². The second-order valence-electron chi connectivity index (χ2n) is 4.41. The topological polar surface area (TPSA) is 32.7 Å². The van der Waals surface area contributed by atoms with Crippen LogP contribution < -0.4 is 0 Å². The minimum atomic E-state index is -0.357. The summed E-state index contributed by atoms with van der Waals surface area (Å²) in [4.78, 5) is 2.16. The largest absolute Gasteiger partial charge is 0.389 e. The highest BCUT2D eigenvalue weighted by molar-refractivity contribution is 4.60. The highest BCUT2D eigenvalue weighted by atomic mass is 16.5. The quantitative estimate of drug-likeness (QED) is 0.646. The fourth-order valence-corrected chi connectivity index (χ4v) is 1.47. The van der Waals surface area contributed by atoms with Crippen LogP contribution >= 0.6 is 0 Å². The highest BCUT2D eigenvalue weighted by Crippen LogP contribution is 2.04. The number of likely N-dealkylation sites (N-methyl/N-ethyl adjacent to an activating group) is 1. The van der Waals surface area contributed by atoms with Crippen LogP contribution in [0.25, 0.3) is 0 Å². The number of ether oxygens (including phenoxy) is 1. The van der Waals surface area contributed by atoms with Crippen molar-refractivity contribution in [1.82, 2.24) is 4.90 Å². The first-order valence-electron chi connectivity index (χ1n) is 5.41. The summed E-state index contributed by atoms with van der Waals surface area (Å²) in [6.07, 6.45) is 2.10. The standard InChI is InChI=1S/C11H25NO2/c1-10(2)6-5-7-12(3)8-11(13)9-14-4/h10-11,13H,5-9H2,1-4H3. The zero-order valence-electron chi connectivity index (χ0n) is 9.99. The van der Waals surface area contributed by atoms with Crippen molar-refractivity contribution in [2.24, 2.45) is 5.92 Å². The van der Waals surface area contributed by atoms with Gasteiger partial charge in [-0.2, -0.15) is 0 Å². The molecular weight excluding hydrogens is 178 g/mol. The lowest BCUT2D eigenvalue weighted by Gasteiger charge is -2.20. The predicted octanol–water partition coefficient (Wildman–Crippen LogP) is 1.36. The third-order valence-electron chi connectivity index (χ3n) is 2.20. The number of hydrogen-bond donors (Lipinski definition) is 1. The van der Waals surface area contributed by atoms with Gasteiger partial charge in [0.15, 0.2) is 0 Å². The number of nitrogens with zero attached hydrogens (tertiary/aromatic N) is 1. The van der Waals surface area contributed by atoms with Crippen LogP contribution in [0.4, 0.5) is 0 Å². The molecule has 0 saturated heterocycles. The Kier molecular flexibility index (Phi) is 8.14. The van der Waals surface area contributed by atoms with Gasteiger partial charge in [-0.05, 0) is 32.4 Å². The third-order valence-corrected chi connectivity index (χ3v) is 2.20. The molecule has 0 bridgehead atoms. The van der Waals surface area contributed by atoms with Gasteiger partial charge in [0.1, 0.15) is 0 Å². The third kappa shape index (κ3) is 8.48. The first-order valence-corrected chi connectivity index (χ1v) is 5.41. The van der Waals surface area contributed by atoms with Crippen molar-refractivity contribution in [3.63, 3.8) is 0 Å². The normalized spacial score (nSPS) is 13.9. The molecule has 1 N–H and O–H groups in total. The molecular formula is C11H25NO2. The highest BCUT2D eigenvalue weighted by Gasteiger charge is 2.07. The fraction of sp³-hybridized carbons (Fsp3) is 1.00. The van der Waals surface area contributed by atoms with Gasteiger partial charge < -0.3 is 14.7 Å². The summed E-state index contributed by atoms with van der Waals surface area (Å²) in [6.45, 7) is 6.65. The molecule has 0 spiro atoms. The summed E-state index contributed by atoms with van der Waals surface area (Å²) in [5, 5.41) is 9.46. The van der Waals surface area contributed by atoms with E-state index < -0.39 is 0 Å². The molecule has 0 aliphatic rings. The molecule has 0 aliphatic heterocycles. The van der Waals surface area contributed by atoms with E-state index in [0.717, 1.165) is 12.5 Å². The summed E-state index contributed by atoms with van der Waals surface area (Å²) < 4.78 is 4.87. The summed E-state index contributed by atoms with van der Waals surface area (Å²) in [7, 11) is 3.65. The zero-order chi connectivity index (χ0) is 11.0. The van der Waals surface area contributed by atoms with Gasteiger partial charge in [0.2, 0.25) is 0 Å². The van der Waals surface area contributed by atoms with E-state index in [1.165, 1.54) is 12.8 Å². The van der Waals surface area contributed by atoms with Crippen LogP contribution in [-0.2, 0) is 4.74 Å². The molecule has 1 atom stereocenters. The molecule has 0 radical (unpaired) electrons. The van der Waals surface area contributed by atoms with Gasteiger partial charge in [-0.1, -0.05) is 13.8 Å². The summed E-state index contributed by atoms with van der Waals surface area (Å²) in [6, 6.07) is 0. The van der Waals surface area contributed by atoms with Crippen molar-refractivity contribution in [3.05, 3.63) is 0 Å². The second kappa shape index (κ2) is 8.21. The van der Waals surface area contributed by atoms with Gasteiger partial charge >= 0.3 is 0 Å². The van der Waals surface area contributed by atoms with Gasteiger partial charge in [-0.3, -0.25) is 0 Å². The molecule has 0 aromatic heterocycles. The van der Waals surface area contributed by atoms with Crippen molar-refractivity contribution >= 4 is 0 Å². The molecule has 0 heterocycles. The maximum Gasteiger partial charge on any atom is 0.0899 e. The molecule has 1 unspecified atom stereocenters. The Bertz CT molecular complexity index is 128. The lowest BCUT2D eigenvalue weighted by atomic mass is 10.1. The Labute approximate surface area is 88.1 Å². The minimum absolute atomic E-state index is 0.357. The van der Waals surface area contributed by atoms with Gasteiger partial charge in [0.25, 0.3) is 0 Å². The van der Waals surface area contributed by atoms with Crippen LogP contribution in [0.5, 0.6) is 0 Å². The fourth-order valence-electron chi connectivity index (χ4n) is 1.47. The number of aliphatic hydroxyl groups excluding tert-OH is 1. The van der Waals surface area contributed by atoms with Crippen molar-refractivity contribution in [3.8, 4) is 0 Å². The number of rotatable bonds is 8. The SMILES string of the molecule is COCC(O)CN(C)CCCC(C)C. The number of hydrogen-bond acceptors (Lipinski definition) is 3. The van der Waals surface area contributed by atoms with Gasteiger partial charge in [-0.25, -0.2) is 0 Å². The molecule has 3 heteroatoms. The van der Waals surface area contributed by atoms with Crippen LogP contribution in [0.1, 0.15) is 26.7 Å². The molecule has 86 valence electrons. The van der Waals surface area contributed by atoms with E-state index in [4.69, 9.17) is 4.74 Å². The van der Waals surface area contributed by atoms with Crippen molar-refractivity contribution in [2.75, 3.05) is 33.9 Å². The predicted molar refractivity (Wildman–Crippen MR) is 59.5 cm³/mol. The molecule has 0 aliphatic carbocycles. The molecule has 14 heavy (non-hydrogen) atoms. The van der Waals surface area contributed by atoms with Crippen molar-refractivity contribution < 1.29 is 9.84 Å². The number of aliphatic hydroxyl groups is 1. The molecule has 0 amide bonds. The smallest absolute Gasteiger partial charge is 0.0899 e. The van der Waals surface area contributed by atoms with E-state index in [1.807, 2.05) is 7.05 Å². The van der Waals surface area contributed by atoms with E-state index in [2.05, 4.69) is 18.7 Å². The van der Waals surface area contributed by atoms with Crippen molar-refractivity contribution in [1.29, 1.82) is 0 Å². The maximum absolute atomic E-state index is 9.46. The van der Waals surface area contributed by atoms with E-state index in [1.54, 1.807) is 7.11 Å². The van der Waals surface area contributed by atoms with Gasteiger partial charge in [-0.15, -0.1) is 0 Å². The summed E-state index contributed by atoms with van der Waals surface area (Å²) in [5.74, 6) is 0.771. The Hall–Kier alpha value is -0.120. The van der Waals surface area contributed by atoms with E-state index in [9.17, 15) is 5.11 Å². The lowest BCUT2D eigenvalue weighted by Crippen LogP contribution is -2.32. The zero-order valence-corrected chi connectivity index (χ0v) is 9.99. The maximum atomic E-state index is 9.46. The average molecular weight is 203 g/mol. The van der Waals surface area contributed by atoms with E-state index in [-0.39, 0.29) is 6.10 Å². The van der Waals surface area contributed by atoms with Crippen LogP contribution in [0.15, 0.2) is 0 Å². The van der Waals surface area contributed by atoms with Gasteiger partial charge in [0.05, 0.1) is 12.7 Å². The Morgan fingerprint density at radius 2 is 2.00 bits per heavy atom. The molecule has 0 aromatic carbocycles. The molecule has 0 fully saturated rings. The second-order valence-corrected chi connectivity index (χ2v) is 4.41. The minimum Gasteiger partial charge on any atom is -0.389 e. The van der Waals surface area contributed by atoms with Crippen LogP contribution in [0.2, 0.25) is 0 Å². The summed E-state index contributed by atoms with van der Waals surface area (Å²) in [5.41, 5.74) is 0. The van der Waals surface area contributed by atoms with Crippen molar-refractivity contribution in [2.45, 2.75) is 32.8 Å². The molecule has 0 aromatic rings. The van der Waals surface area contributed by atoms with Crippen LogP contribution in [0.3, 0.4) is 0 Å². The summed E-state index contributed by atoms with van der Waals surface area (Å²) >= 11 is 0. The van der Waals surface area contributed by atoms with Gasteiger partial charge in [0, 0.05) is 13.7 Å². The van der Waals surface area contributed by atoms with Crippen LogP contribution in [0, 0.1) is 5.92 Å². The van der Waals surface area contributed by atoms with E-state index >= 15 is 0 Å². The Balaban J connectivity index is 3.39. The Morgan fingerprint density at radius 3 is 2.50 bits per heavy atom. The van der Waals surface area contributed by atoms with E-state index in [0.29, 0.717) is 13.2 Å². The first-order chi connectivity index (χ1) is 6.56. The Morgan fingerprint density at radius 1 is 1.36 bits per heavy atom. The molecule has 0 saturated carbocycles.